The van der Waals surface area contributed by atoms with Gasteiger partial charge in [-0.05, 0) is 43.2 Å². The van der Waals surface area contributed by atoms with E-state index < -0.39 is 5.54 Å². The highest BCUT2D eigenvalue weighted by Crippen LogP contribution is 2.32. The van der Waals surface area contributed by atoms with Crippen LogP contribution in [0.4, 0.5) is 10.5 Å². The minimum absolute atomic E-state index is 0.0589. The van der Waals surface area contributed by atoms with Gasteiger partial charge in [-0.25, -0.2) is 9.69 Å². The summed E-state index contributed by atoms with van der Waals surface area (Å²) in [4.78, 5) is 43.2. The molecule has 2 saturated heterocycles. The summed E-state index contributed by atoms with van der Waals surface area (Å²) in [5.74, 6) is -0.128. The number of anilines is 1. The summed E-state index contributed by atoms with van der Waals surface area (Å²) in [7, 11) is 0. The Balaban J connectivity index is 1.40. The molecule has 0 saturated carbocycles. The number of amides is 3. The highest BCUT2D eigenvalue weighted by atomic mass is 16.2. The Morgan fingerprint density at radius 1 is 0.968 bits per heavy atom. The van der Waals surface area contributed by atoms with Crippen LogP contribution < -0.4 is 10.2 Å². The lowest BCUT2D eigenvalue weighted by molar-refractivity contribution is -0.133. The Morgan fingerprint density at radius 3 is 2.19 bits per heavy atom. The summed E-state index contributed by atoms with van der Waals surface area (Å²) in [5, 5.41) is 2.94. The van der Waals surface area contributed by atoms with Crippen molar-refractivity contribution in [3.63, 3.8) is 0 Å². The highest BCUT2D eigenvalue weighted by Gasteiger charge is 2.51. The number of piperazine rings is 1. The van der Waals surface area contributed by atoms with E-state index in [1.807, 2.05) is 61.5 Å². The third-order valence-corrected chi connectivity index (χ3v) is 6.33. The van der Waals surface area contributed by atoms with E-state index in [1.165, 1.54) is 4.90 Å². The number of hydrogen-bond donors (Lipinski definition) is 1. The summed E-state index contributed by atoms with van der Waals surface area (Å²) >= 11 is 0. The fourth-order valence-electron chi connectivity index (χ4n) is 4.37. The zero-order valence-electron chi connectivity index (χ0n) is 18.0. The number of benzene rings is 2. The molecule has 0 radical (unpaired) electrons. The van der Waals surface area contributed by atoms with Gasteiger partial charge in [-0.15, -0.1) is 0 Å². The van der Waals surface area contributed by atoms with Crippen LogP contribution in [0.5, 0.6) is 0 Å². The minimum atomic E-state index is -0.987. The van der Waals surface area contributed by atoms with Gasteiger partial charge in [0.15, 0.2) is 5.78 Å². The second kappa shape index (κ2) is 8.51. The van der Waals surface area contributed by atoms with Gasteiger partial charge in [0.05, 0.1) is 6.67 Å². The maximum absolute atomic E-state index is 13.3. The first-order chi connectivity index (χ1) is 14.9. The van der Waals surface area contributed by atoms with Crippen molar-refractivity contribution in [1.82, 2.24) is 15.1 Å². The third-order valence-electron chi connectivity index (χ3n) is 6.33. The molecule has 0 aliphatic carbocycles. The molecule has 7 nitrogen and oxygen atoms in total. The number of Topliss-reactive ketones (excluding diaryl/α,β-unsaturated/α-hetero) is 1. The van der Waals surface area contributed by atoms with Crippen LogP contribution in [0.25, 0.3) is 0 Å². The first-order valence-corrected chi connectivity index (χ1v) is 10.7. The van der Waals surface area contributed by atoms with Crippen molar-refractivity contribution in [2.24, 2.45) is 0 Å². The molecular weight excluding hydrogens is 392 g/mol. The van der Waals surface area contributed by atoms with E-state index in [0.29, 0.717) is 12.0 Å². The SMILES string of the molecule is CC[C@]1(c2ccccc2)NC(=O)N(CN2CCN(c3ccc(C(C)=O)cc3)CC2)C1=O. The van der Waals surface area contributed by atoms with Crippen molar-refractivity contribution in [3.8, 4) is 0 Å². The fraction of sp³-hybridized carbons (Fsp3) is 0.375. The van der Waals surface area contributed by atoms with E-state index in [-0.39, 0.29) is 24.4 Å². The molecule has 1 N–H and O–H groups in total. The lowest BCUT2D eigenvalue weighted by Crippen LogP contribution is -2.51. The zero-order chi connectivity index (χ0) is 22.0. The van der Waals surface area contributed by atoms with E-state index in [1.54, 1.807) is 6.92 Å². The quantitative estimate of drug-likeness (QED) is 0.575. The lowest BCUT2D eigenvalue weighted by Gasteiger charge is -2.37. The van der Waals surface area contributed by atoms with E-state index in [4.69, 9.17) is 0 Å². The van der Waals surface area contributed by atoms with Crippen LogP contribution in [0, 0.1) is 0 Å². The van der Waals surface area contributed by atoms with Crippen molar-refractivity contribution >= 4 is 23.4 Å². The van der Waals surface area contributed by atoms with Crippen LogP contribution in [-0.4, -0.2) is 60.4 Å². The summed E-state index contributed by atoms with van der Waals surface area (Å²) in [6.07, 6.45) is 0.502. The number of imide groups is 1. The van der Waals surface area contributed by atoms with Gasteiger partial charge in [0.1, 0.15) is 5.54 Å². The molecule has 2 aromatic rings. The van der Waals surface area contributed by atoms with Crippen molar-refractivity contribution in [3.05, 3.63) is 65.7 Å². The fourth-order valence-corrected chi connectivity index (χ4v) is 4.37. The van der Waals surface area contributed by atoms with Gasteiger partial charge in [-0.2, -0.15) is 0 Å². The number of carbonyl (C=O) groups is 3. The number of urea groups is 1. The molecule has 0 spiro atoms. The van der Waals surface area contributed by atoms with E-state index >= 15 is 0 Å². The van der Waals surface area contributed by atoms with E-state index in [0.717, 1.165) is 37.4 Å². The smallest absolute Gasteiger partial charge is 0.326 e. The van der Waals surface area contributed by atoms with Gasteiger partial charge in [0.2, 0.25) is 0 Å². The van der Waals surface area contributed by atoms with E-state index in [2.05, 4.69) is 15.1 Å². The van der Waals surface area contributed by atoms with Gasteiger partial charge < -0.3 is 10.2 Å². The Bertz CT molecular complexity index is 968. The maximum Gasteiger partial charge on any atom is 0.326 e. The Morgan fingerprint density at radius 2 is 1.61 bits per heavy atom. The number of ketones is 1. The molecule has 2 heterocycles. The molecule has 31 heavy (non-hydrogen) atoms. The first-order valence-electron chi connectivity index (χ1n) is 10.7. The molecule has 1 atom stereocenters. The largest absolute Gasteiger partial charge is 0.369 e. The molecule has 0 bridgehead atoms. The van der Waals surface area contributed by atoms with Crippen LogP contribution in [0.15, 0.2) is 54.6 Å². The van der Waals surface area contributed by atoms with Crippen LogP contribution in [0.2, 0.25) is 0 Å². The van der Waals surface area contributed by atoms with Gasteiger partial charge >= 0.3 is 6.03 Å². The number of hydrogen-bond acceptors (Lipinski definition) is 5. The van der Waals surface area contributed by atoms with Crippen LogP contribution in [0.1, 0.15) is 36.2 Å². The van der Waals surface area contributed by atoms with Crippen LogP contribution in [0.3, 0.4) is 0 Å². The molecule has 0 aromatic heterocycles. The topological polar surface area (TPSA) is 73.0 Å². The molecule has 2 aromatic carbocycles. The summed E-state index contributed by atoms with van der Waals surface area (Å²) in [5.41, 5.74) is 1.61. The normalized spacial score (nSPS) is 22.0. The molecule has 162 valence electrons. The van der Waals surface area contributed by atoms with Gasteiger partial charge in [0.25, 0.3) is 5.91 Å². The van der Waals surface area contributed by atoms with E-state index in [9.17, 15) is 14.4 Å². The number of carbonyl (C=O) groups excluding carboxylic acids is 3. The predicted octanol–water partition coefficient (Wildman–Crippen LogP) is 2.83. The second-order valence-electron chi connectivity index (χ2n) is 8.14. The van der Waals surface area contributed by atoms with Gasteiger partial charge in [0, 0.05) is 37.4 Å². The van der Waals surface area contributed by atoms with Crippen molar-refractivity contribution in [2.75, 3.05) is 37.7 Å². The average Bonchev–Trinajstić information content (AvgIpc) is 3.05. The van der Waals surface area contributed by atoms with Crippen molar-refractivity contribution in [2.45, 2.75) is 25.8 Å². The van der Waals surface area contributed by atoms with Gasteiger partial charge in [-0.1, -0.05) is 37.3 Å². The van der Waals surface area contributed by atoms with Crippen molar-refractivity contribution in [1.29, 1.82) is 0 Å². The number of nitrogens with zero attached hydrogens (tertiary/aromatic N) is 3. The molecule has 2 aliphatic heterocycles. The number of rotatable bonds is 6. The first kappa shape index (κ1) is 21.1. The molecule has 0 unspecified atom stereocenters. The highest BCUT2D eigenvalue weighted by molar-refractivity contribution is 6.07. The zero-order valence-corrected chi connectivity index (χ0v) is 18.0. The standard InChI is InChI=1S/C24H28N4O3/c1-3-24(20-7-5-4-6-8-20)22(30)28(23(31)25-24)17-26-13-15-27(16-14-26)21-11-9-19(10-12-21)18(2)29/h4-12H,3,13-17H2,1-2H3,(H,25,31)/t24-/m1/s1. The summed E-state index contributed by atoms with van der Waals surface area (Å²) in [6.45, 7) is 6.85. The molecule has 2 aliphatic rings. The lowest BCUT2D eigenvalue weighted by atomic mass is 9.87. The van der Waals surface area contributed by atoms with Crippen LogP contribution >= 0.6 is 0 Å². The predicted molar refractivity (Wildman–Crippen MR) is 119 cm³/mol. The third kappa shape index (κ3) is 3.93. The Labute approximate surface area is 182 Å². The Hall–Kier alpha value is -3.19. The average molecular weight is 421 g/mol. The molecule has 7 heteroatoms. The minimum Gasteiger partial charge on any atom is -0.369 e. The molecule has 3 amide bonds. The number of nitrogens with one attached hydrogen (secondary N) is 1. The van der Waals surface area contributed by atoms with Gasteiger partial charge in [-0.3, -0.25) is 14.5 Å². The van der Waals surface area contributed by atoms with Crippen LogP contribution in [-0.2, 0) is 10.3 Å². The van der Waals surface area contributed by atoms with Crippen molar-refractivity contribution < 1.29 is 14.4 Å². The maximum atomic E-state index is 13.3. The second-order valence-corrected chi connectivity index (χ2v) is 8.14. The molecular formula is C24H28N4O3. The Kier molecular flexibility index (Phi) is 5.78. The molecule has 4 rings (SSSR count). The monoisotopic (exact) mass is 420 g/mol. The summed E-state index contributed by atoms with van der Waals surface area (Å²) < 4.78 is 0. The summed E-state index contributed by atoms with van der Waals surface area (Å²) in [6, 6.07) is 16.8. The molecule has 2 fully saturated rings.